The second-order valence-corrected chi connectivity index (χ2v) is 5.44. The fraction of sp³-hybridized carbons (Fsp3) is 0.231. The highest BCUT2D eigenvalue weighted by Gasteiger charge is 2.17. The van der Waals surface area contributed by atoms with E-state index >= 15 is 0 Å². The number of anilines is 1. The molecule has 0 amide bonds. The van der Waals surface area contributed by atoms with Crippen LogP contribution in [-0.4, -0.2) is 29.1 Å². The number of carbonyl (C=O) groups excluding carboxylic acids is 1. The van der Waals surface area contributed by atoms with Gasteiger partial charge in [-0.05, 0) is 44.3 Å². The lowest BCUT2D eigenvalue weighted by atomic mass is 10.2. The topological polar surface area (TPSA) is 101 Å². The Bertz CT molecular complexity index is 644. The molecular weight excluding hydrogens is 361 g/mol. The Kier molecular flexibility index (Phi) is 7.73. The molecule has 0 heterocycles. The quantitative estimate of drug-likeness (QED) is 0.305. The minimum Gasteiger partial charge on any atom is -0.461 e. The summed E-state index contributed by atoms with van der Waals surface area (Å²) in [7, 11) is 0. The average Bonchev–Trinajstić information content (AvgIpc) is 2.44. The summed E-state index contributed by atoms with van der Waals surface area (Å²) in [5.74, 6) is -0.654. The van der Waals surface area contributed by atoms with Crippen LogP contribution < -0.4 is 16.6 Å². The largest absolute Gasteiger partial charge is 0.461 e. The highest BCUT2D eigenvalue weighted by molar-refractivity contribution is 7.80. The van der Waals surface area contributed by atoms with Gasteiger partial charge < -0.3 is 10.5 Å². The van der Waals surface area contributed by atoms with Crippen molar-refractivity contribution in [2.45, 2.75) is 13.8 Å². The maximum Gasteiger partial charge on any atom is 0.360 e. The highest BCUT2D eigenvalue weighted by Crippen LogP contribution is 2.22. The van der Waals surface area contributed by atoms with Gasteiger partial charge in [-0.1, -0.05) is 23.2 Å². The van der Waals surface area contributed by atoms with Gasteiger partial charge in [0.1, 0.15) is 0 Å². The number of nitrogens with zero attached hydrogens (tertiary/aromatic N) is 2. The molecule has 7 nitrogen and oxygen atoms in total. The number of thiocarbonyl (C=S) groups is 1. The van der Waals surface area contributed by atoms with E-state index in [2.05, 4.69) is 33.3 Å². The first-order valence-electron chi connectivity index (χ1n) is 6.40. The Morgan fingerprint density at radius 2 is 1.91 bits per heavy atom. The van der Waals surface area contributed by atoms with Crippen molar-refractivity contribution in [1.29, 1.82) is 0 Å². The average molecular weight is 376 g/mol. The first-order valence-corrected chi connectivity index (χ1v) is 7.57. The van der Waals surface area contributed by atoms with Gasteiger partial charge in [0, 0.05) is 10.0 Å². The van der Waals surface area contributed by atoms with Crippen LogP contribution in [0.25, 0.3) is 0 Å². The van der Waals surface area contributed by atoms with Crippen LogP contribution >= 0.6 is 35.4 Å². The Labute approximate surface area is 148 Å². The third-order valence-corrected chi connectivity index (χ3v) is 2.83. The lowest BCUT2D eigenvalue weighted by molar-refractivity contribution is -0.134. The van der Waals surface area contributed by atoms with Crippen molar-refractivity contribution in [3.8, 4) is 0 Å². The zero-order valence-corrected chi connectivity index (χ0v) is 14.7. The number of ether oxygens (including phenoxy) is 1. The van der Waals surface area contributed by atoms with E-state index in [0.29, 0.717) is 15.7 Å². The van der Waals surface area contributed by atoms with Gasteiger partial charge in [0.05, 0.1) is 18.0 Å². The van der Waals surface area contributed by atoms with E-state index < -0.39 is 5.97 Å². The Balaban J connectivity index is 3.05. The Hall–Kier alpha value is -1.90. The summed E-state index contributed by atoms with van der Waals surface area (Å²) in [5, 5.41) is 8.65. The minimum atomic E-state index is -0.654. The van der Waals surface area contributed by atoms with E-state index in [1.54, 1.807) is 32.0 Å². The lowest BCUT2D eigenvalue weighted by Gasteiger charge is -2.08. The number of hydrazone groups is 2. The van der Waals surface area contributed by atoms with Gasteiger partial charge in [0.2, 0.25) is 0 Å². The van der Waals surface area contributed by atoms with Crippen molar-refractivity contribution in [2.75, 3.05) is 12.0 Å². The third-order valence-electron chi connectivity index (χ3n) is 2.30. The fourth-order valence-electron chi connectivity index (χ4n) is 1.40. The van der Waals surface area contributed by atoms with E-state index in [9.17, 15) is 4.79 Å². The van der Waals surface area contributed by atoms with Gasteiger partial charge in [0.15, 0.2) is 10.8 Å². The molecule has 0 saturated carbocycles. The van der Waals surface area contributed by atoms with Gasteiger partial charge in [-0.3, -0.25) is 10.9 Å². The molecule has 1 aromatic carbocycles. The molecule has 0 fully saturated rings. The number of nitrogens with one attached hydrogen (secondary N) is 2. The summed E-state index contributed by atoms with van der Waals surface area (Å²) in [6.07, 6.45) is 0. The first kappa shape index (κ1) is 19.1. The van der Waals surface area contributed by atoms with E-state index in [1.165, 1.54) is 0 Å². The van der Waals surface area contributed by atoms with Crippen LogP contribution in [0.5, 0.6) is 0 Å². The minimum absolute atomic E-state index is 0.0397. The molecule has 0 unspecified atom stereocenters. The van der Waals surface area contributed by atoms with Crippen molar-refractivity contribution in [3.05, 3.63) is 28.2 Å². The number of halogens is 2. The summed E-state index contributed by atoms with van der Waals surface area (Å²) in [4.78, 5) is 12.0. The van der Waals surface area contributed by atoms with Crippen molar-refractivity contribution >= 4 is 63.6 Å². The Morgan fingerprint density at radius 1 is 1.30 bits per heavy atom. The molecule has 0 spiro atoms. The van der Waals surface area contributed by atoms with Crippen LogP contribution in [0.4, 0.5) is 5.69 Å². The maximum atomic E-state index is 12.0. The van der Waals surface area contributed by atoms with Crippen LogP contribution in [0.1, 0.15) is 13.8 Å². The van der Waals surface area contributed by atoms with E-state index in [-0.39, 0.29) is 23.1 Å². The predicted molar refractivity (Wildman–Crippen MR) is 97.2 cm³/mol. The van der Waals surface area contributed by atoms with Gasteiger partial charge >= 0.3 is 5.97 Å². The molecule has 0 aliphatic heterocycles. The molecule has 0 aliphatic carbocycles. The van der Waals surface area contributed by atoms with Gasteiger partial charge in [-0.2, -0.15) is 10.2 Å². The number of hydrogen-bond acceptors (Lipinski definition) is 6. The second kappa shape index (κ2) is 9.29. The molecule has 1 aromatic rings. The highest BCUT2D eigenvalue weighted by atomic mass is 35.5. The monoisotopic (exact) mass is 375 g/mol. The summed E-state index contributed by atoms with van der Waals surface area (Å²) in [5.41, 5.74) is 11.0. The van der Waals surface area contributed by atoms with Crippen molar-refractivity contribution in [1.82, 2.24) is 5.43 Å². The number of hydrogen-bond donors (Lipinski definition) is 3. The van der Waals surface area contributed by atoms with Crippen molar-refractivity contribution in [2.24, 2.45) is 15.9 Å². The SMILES string of the molecule is CCOC(=O)C(=NNc1cc(Cl)cc(Cl)c1)C(C)=NNC(N)=S. The van der Waals surface area contributed by atoms with E-state index in [4.69, 9.17) is 33.7 Å². The van der Waals surface area contributed by atoms with E-state index in [1.807, 2.05) is 0 Å². The first-order chi connectivity index (χ1) is 10.8. The van der Waals surface area contributed by atoms with Crippen molar-refractivity contribution < 1.29 is 9.53 Å². The summed E-state index contributed by atoms with van der Waals surface area (Å²) >= 11 is 16.4. The standard InChI is InChI=1S/C13H15Cl2N5O2S/c1-3-22-12(21)11(7(2)17-20-13(16)23)19-18-10-5-8(14)4-9(15)6-10/h4-6,18H,3H2,1-2H3,(H3,16,20,23). The van der Waals surface area contributed by atoms with Gasteiger partial charge in [0.25, 0.3) is 0 Å². The Morgan fingerprint density at radius 3 is 2.43 bits per heavy atom. The van der Waals surface area contributed by atoms with E-state index in [0.717, 1.165) is 0 Å². The molecule has 0 aliphatic rings. The molecule has 0 bridgehead atoms. The number of benzene rings is 1. The zero-order chi connectivity index (χ0) is 17.4. The van der Waals surface area contributed by atoms with Crippen LogP contribution in [0.15, 0.2) is 28.4 Å². The summed E-state index contributed by atoms with van der Waals surface area (Å²) in [6.45, 7) is 3.42. The van der Waals surface area contributed by atoms with Crippen LogP contribution in [0.3, 0.4) is 0 Å². The smallest absolute Gasteiger partial charge is 0.360 e. The van der Waals surface area contributed by atoms with Gasteiger partial charge in [-0.15, -0.1) is 0 Å². The molecular formula is C13H15Cl2N5O2S. The number of carbonyl (C=O) groups is 1. The summed E-state index contributed by atoms with van der Waals surface area (Å²) < 4.78 is 4.93. The third kappa shape index (κ3) is 6.81. The molecule has 0 atom stereocenters. The summed E-state index contributed by atoms with van der Waals surface area (Å²) in [6, 6.07) is 4.77. The number of nitrogens with two attached hydrogens (primary N) is 1. The van der Waals surface area contributed by atoms with Gasteiger partial charge in [-0.25, -0.2) is 4.79 Å². The molecule has 10 heteroatoms. The van der Waals surface area contributed by atoms with Crippen LogP contribution in [0, 0.1) is 0 Å². The molecule has 0 radical (unpaired) electrons. The van der Waals surface area contributed by atoms with Crippen LogP contribution in [0.2, 0.25) is 10.0 Å². The second-order valence-electron chi connectivity index (χ2n) is 4.12. The maximum absolute atomic E-state index is 12.0. The molecule has 0 saturated heterocycles. The molecule has 4 N–H and O–H groups in total. The molecule has 0 aromatic heterocycles. The zero-order valence-electron chi connectivity index (χ0n) is 12.4. The number of esters is 1. The lowest BCUT2D eigenvalue weighted by Crippen LogP contribution is -2.30. The molecule has 1 rings (SSSR count). The van der Waals surface area contributed by atoms with Crippen molar-refractivity contribution in [3.63, 3.8) is 0 Å². The fourth-order valence-corrected chi connectivity index (χ4v) is 1.98. The molecule has 23 heavy (non-hydrogen) atoms. The normalized spacial score (nSPS) is 11.8. The number of rotatable bonds is 6. The predicted octanol–water partition coefficient (Wildman–Crippen LogP) is 2.53. The molecule has 124 valence electrons. The van der Waals surface area contributed by atoms with Crippen LogP contribution in [-0.2, 0) is 9.53 Å².